The van der Waals surface area contributed by atoms with Crippen LogP contribution < -0.4 is 4.90 Å². The van der Waals surface area contributed by atoms with E-state index in [2.05, 4.69) is 4.98 Å². The lowest BCUT2D eigenvalue weighted by Gasteiger charge is -2.17. The van der Waals surface area contributed by atoms with Crippen molar-refractivity contribution in [3.8, 4) is 0 Å². The van der Waals surface area contributed by atoms with Crippen LogP contribution in [0.3, 0.4) is 0 Å². The van der Waals surface area contributed by atoms with Crippen molar-refractivity contribution in [2.75, 3.05) is 18.0 Å². The molecule has 0 amide bonds. The van der Waals surface area contributed by atoms with Gasteiger partial charge in [-0.05, 0) is 18.6 Å². The van der Waals surface area contributed by atoms with E-state index in [1.807, 2.05) is 4.90 Å². The number of aromatic nitrogens is 1. The standard InChI is InChI=1S/C10H11ClN2O2/c11-8-2-1-4-12-9(8)13-5-3-7(6-13)10(14)15/h1-2,4,7H,3,5-6H2,(H,14,15). The Hall–Kier alpha value is -1.29. The maximum Gasteiger partial charge on any atom is 0.308 e. The van der Waals surface area contributed by atoms with Crippen LogP contribution in [0.5, 0.6) is 0 Å². The molecule has 0 radical (unpaired) electrons. The molecule has 0 bridgehead atoms. The number of carboxylic acids is 1. The second-order valence-electron chi connectivity index (χ2n) is 3.58. The normalized spacial score (nSPS) is 20.6. The lowest BCUT2D eigenvalue weighted by molar-refractivity contribution is -0.140. The summed E-state index contributed by atoms with van der Waals surface area (Å²) in [5.74, 6) is -0.365. The molecule has 2 rings (SSSR count). The Morgan fingerprint density at radius 1 is 1.67 bits per heavy atom. The first-order valence-electron chi connectivity index (χ1n) is 4.77. The van der Waals surface area contributed by atoms with Crippen LogP contribution >= 0.6 is 11.6 Å². The monoisotopic (exact) mass is 226 g/mol. The number of hydrogen-bond acceptors (Lipinski definition) is 3. The van der Waals surface area contributed by atoms with Crippen molar-refractivity contribution in [3.63, 3.8) is 0 Å². The summed E-state index contributed by atoms with van der Waals surface area (Å²) in [5, 5.41) is 9.44. The van der Waals surface area contributed by atoms with Crippen molar-refractivity contribution in [1.29, 1.82) is 0 Å². The lowest BCUT2D eigenvalue weighted by Crippen LogP contribution is -2.23. The van der Waals surface area contributed by atoms with E-state index < -0.39 is 5.97 Å². The Bertz CT molecular complexity index is 383. The largest absolute Gasteiger partial charge is 0.481 e. The van der Waals surface area contributed by atoms with Gasteiger partial charge < -0.3 is 10.0 Å². The molecule has 1 fully saturated rings. The van der Waals surface area contributed by atoms with E-state index in [-0.39, 0.29) is 5.92 Å². The van der Waals surface area contributed by atoms with Gasteiger partial charge in [-0.1, -0.05) is 11.6 Å². The number of carboxylic acid groups (broad SMARTS) is 1. The second-order valence-corrected chi connectivity index (χ2v) is 3.99. The second kappa shape index (κ2) is 4.06. The fraction of sp³-hybridized carbons (Fsp3) is 0.400. The van der Waals surface area contributed by atoms with Gasteiger partial charge in [-0.25, -0.2) is 4.98 Å². The van der Waals surface area contributed by atoms with Crippen LogP contribution in [0.15, 0.2) is 18.3 Å². The highest BCUT2D eigenvalue weighted by atomic mass is 35.5. The van der Waals surface area contributed by atoms with Gasteiger partial charge in [0.25, 0.3) is 0 Å². The first-order chi connectivity index (χ1) is 7.18. The highest BCUT2D eigenvalue weighted by Crippen LogP contribution is 2.27. The molecule has 0 spiro atoms. The number of rotatable bonds is 2. The quantitative estimate of drug-likeness (QED) is 0.833. The van der Waals surface area contributed by atoms with Gasteiger partial charge >= 0.3 is 5.97 Å². The van der Waals surface area contributed by atoms with Crippen LogP contribution in [0.4, 0.5) is 5.82 Å². The number of halogens is 1. The van der Waals surface area contributed by atoms with E-state index in [4.69, 9.17) is 16.7 Å². The Morgan fingerprint density at radius 2 is 2.47 bits per heavy atom. The van der Waals surface area contributed by atoms with Gasteiger partial charge in [-0.15, -0.1) is 0 Å². The maximum absolute atomic E-state index is 10.8. The Morgan fingerprint density at radius 3 is 3.07 bits per heavy atom. The molecular weight excluding hydrogens is 216 g/mol. The van der Waals surface area contributed by atoms with Crippen molar-refractivity contribution < 1.29 is 9.90 Å². The highest BCUT2D eigenvalue weighted by molar-refractivity contribution is 6.32. The van der Waals surface area contributed by atoms with E-state index >= 15 is 0 Å². The average Bonchev–Trinajstić information content (AvgIpc) is 2.67. The topological polar surface area (TPSA) is 53.4 Å². The minimum Gasteiger partial charge on any atom is -0.481 e. The first kappa shape index (κ1) is 10.2. The third-order valence-electron chi connectivity index (χ3n) is 2.58. The molecule has 1 aromatic heterocycles. The van der Waals surface area contributed by atoms with Gasteiger partial charge in [0.15, 0.2) is 0 Å². The molecule has 1 unspecified atom stereocenters. The number of hydrogen-bond donors (Lipinski definition) is 1. The molecular formula is C10H11ClN2O2. The van der Waals surface area contributed by atoms with Gasteiger partial charge in [-0.3, -0.25) is 4.79 Å². The minimum absolute atomic E-state index is 0.303. The van der Waals surface area contributed by atoms with Crippen LogP contribution in [0.25, 0.3) is 0 Å². The van der Waals surface area contributed by atoms with Crippen molar-refractivity contribution >= 4 is 23.4 Å². The molecule has 4 nitrogen and oxygen atoms in total. The van der Waals surface area contributed by atoms with Gasteiger partial charge in [0, 0.05) is 19.3 Å². The molecule has 80 valence electrons. The number of aliphatic carboxylic acids is 1. The molecule has 5 heteroatoms. The molecule has 2 heterocycles. The molecule has 0 aliphatic carbocycles. The Balaban J connectivity index is 2.14. The van der Waals surface area contributed by atoms with Crippen LogP contribution in [0, 0.1) is 5.92 Å². The molecule has 1 N–H and O–H groups in total. The number of pyridine rings is 1. The summed E-state index contributed by atoms with van der Waals surface area (Å²) in [4.78, 5) is 16.9. The van der Waals surface area contributed by atoms with Gasteiger partial charge in [0.05, 0.1) is 10.9 Å². The summed E-state index contributed by atoms with van der Waals surface area (Å²) in [7, 11) is 0. The van der Waals surface area contributed by atoms with Crippen LogP contribution in [0.1, 0.15) is 6.42 Å². The predicted octanol–water partition coefficient (Wildman–Crippen LogP) is 1.65. The van der Waals surface area contributed by atoms with Crippen molar-refractivity contribution in [3.05, 3.63) is 23.4 Å². The summed E-state index contributed by atoms with van der Waals surface area (Å²) in [5.41, 5.74) is 0. The molecule has 1 aliphatic heterocycles. The molecule has 1 aromatic rings. The van der Waals surface area contributed by atoms with Crippen LogP contribution in [-0.4, -0.2) is 29.1 Å². The minimum atomic E-state index is -0.746. The molecule has 0 saturated carbocycles. The molecule has 1 aliphatic rings. The highest BCUT2D eigenvalue weighted by Gasteiger charge is 2.29. The van der Waals surface area contributed by atoms with E-state index in [1.54, 1.807) is 18.3 Å². The smallest absolute Gasteiger partial charge is 0.308 e. The third kappa shape index (κ3) is 2.04. The summed E-state index contributed by atoms with van der Waals surface area (Å²) in [6.45, 7) is 1.19. The third-order valence-corrected chi connectivity index (χ3v) is 2.87. The van der Waals surface area contributed by atoms with E-state index in [1.165, 1.54) is 0 Å². The van der Waals surface area contributed by atoms with Gasteiger partial charge in [0.1, 0.15) is 5.82 Å². The summed E-state index contributed by atoms with van der Waals surface area (Å²) in [6.07, 6.45) is 2.32. The van der Waals surface area contributed by atoms with Crippen molar-refractivity contribution in [2.24, 2.45) is 5.92 Å². The van der Waals surface area contributed by atoms with Gasteiger partial charge in [-0.2, -0.15) is 0 Å². The Labute approximate surface area is 92.5 Å². The summed E-state index contributed by atoms with van der Waals surface area (Å²) >= 11 is 5.98. The SMILES string of the molecule is O=C(O)C1CCN(c2ncccc2Cl)C1. The maximum atomic E-state index is 10.8. The molecule has 15 heavy (non-hydrogen) atoms. The zero-order chi connectivity index (χ0) is 10.8. The van der Waals surface area contributed by atoms with Crippen molar-refractivity contribution in [1.82, 2.24) is 4.98 Å². The molecule has 1 saturated heterocycles. The number of anilines is 1. The first-order valence-corrected chi connectivity index (χ1v) is 5.14. The lowest BCUT2D eigenvalue weighted by atomic mass is 10.1. The Kier molecular flexibility index (Phi) is 2.77. The van der Waals surface area contributed by atoms with Crippen LogP contribution in [-0.2, 0) is 4.79 Å². The zero-order valence-electron chi connectivity index (χ0n) is 8.06. The van der Waals surface area contributed by atoms with Crippen molar-refractivity contribution in [2.45, 2.75) is 6.42 Å². The molecule has 1 atom stereocenters. The predicted molar refractivity (Wildman–Crippen MR) is 57.2 cm³/mol. The van der Waals surface area contributed by atoms with Gasteiger partial charge in [0.2, 0.25) is 0 Å². The number of carbonyl (C=O) groups is 1. The fourth-order valence-electron chi connectivity index (χ4n) is 1.76. The fourth-order valence-corrected chi connectivity index (χ4v) is 2.01. The zero-order valence-corrected chi connectivity index (χ0v) is 8.81. The number of nitrogens with zero attached hydrogens (tertiary/aromatic N) is 2. The average molecular weight is 227 g/mol. The summed E-state index contributed by atoms with van der Waals surface area (Å²) < 4.78 is 0. The van der Waals surface area contributed by atoms with E-state index in [0.717, 1.165) is 0 Å². The summed E-state index contributed by atoms with van der Waals surface area (Å²) in [6, 6.07) is 3.52. The van der Waals surface area contributed by atoms with E-state index in [0.29, 0.717) is 30.4 Å². The molecule has 0 aromatic carbocycles. The van der Waals surface area contributed by atoms with Crippen LogP contribution in [0.2, 0.25) is 5.02 Å². The van der Waals surface area contributed by atoms with E-state index in [9.17, 15) is 4.79 Å².